The lowest BCUT2D eigenvalue weighted by Gasteiger charge is -2.19. The number of aryl methyl sites for hydroxylation is 3. The van der Waals surface area contributed by atoms with Crippen molar-refractivity contribution in [2.75, 3.05) is 26.3 Å². The maximum Gasteiger partial charge on any atom is 0.272 e. The number of carbonyl (C=O) groups excluding carboxylic acids is 2. The predicted molar refractivity (Wildman–Crippen MR) is 117 cm³/mol. The molecule has 2 atom stereocenters. The van der Waals surface area contributed by atoms with Gasteiger partial charge in [-0.15, -0.1) is 0 Å². The third-order valence-electron chi connectivity index (χ3n) is 5.91. The van der Waals surface area contributed by atoms with E-state index in [2.05, 4.69) is 24.3 Å². The molecule has 9 nitrogen and oxygen atoms in total. The van der Waals surface area contributed by atoms with Gasteiger partial charge in [0.1, 0.15) is 29.4 Å². The molecule has 0 bridgehead atoms. The zero-order chi connectivity index (χ0) is 23.0. The van der Waals surface area contributed by atoms with Gasteiger partial charge in [0, 0.05) is 20.1 Å². The summed E-state index contributed by atoms with van der Waals surface area (Å²) >= 11 is 0. The van der Waals surface area contributed by atoms with Gasteiger partial charge in [-0.05, 0) is 38.3 Å². The largest absolute Gasteiger partial charge is 0.466 e. The minimum absolute atomic E-state index is 0.0639. The van der Waals surface area contributed by atoms with Crippen LogP contribution in [0, 0.1) is 19.8 Å². The number of rotatable bonds is 5. The lowest BCUT2D eigenvalue weighted by Crippen LogP contribution is -2.41. The van der Waals surface area contributed by atoms with E-state index in [0.29, 0.717) is 55.0 Å². The number of ether oxygens (including phenoxy) is 2. The normalized spacial score (nSPS) is 21.6. The summed E-state index contributed by atoms with van der Waals surface area (Å²) in [4.78, 5) is 27.4. The van der Waals surface area contributed by atoms with E-state index in [-0.39, 0.29) is 30.1 Å². The number of hydrogen-bond donors (Lipinski definition) is 1. The Morgan fingerprint density at radius 2 is 1.81 bits per heavy atom. The number of aromatic nitrogens is 2. The zero-order valence-corrected chi connectivity index (χ0v) is 19.4. The van der Waals surface area contributed by atoms with Crippen LogP contribution in [0.15, 0.2) is 16.5 Å². The first-order valence-corrected chi connectivity index (χ1v) is 11.1. The number of carbonyl (C=O) groups is 2. The summed E-state index contributed by atoms with van der Waals surface area (Å²) in [7, 11) is 1.80. The van der Waals surface area contributed by atoms with Crippen molar-refractivity contribution in [3.05, 3.63) is 40.6 Å². The molecule has 32 heavy (non-hydrogen) atoms. The van der Waals surface area contributed by atoms with Crippen LogP contribution >= 0.6 is 0 Å². The van der Waals surface area contributed by atoms with Gasteiger partial charge in [-0.25, -0.2) is 0 Å². The highest BCUT2D eigenvalue weighted by Crippen LogP contribution is 2.23. The number of nitrogens with one attached hydrogen (secondary N) is 1. The molecule has 2 aromatic heterocycles. The van der Waals surface area contributed by atoms with E-state index in [1.807, 2.05) is 13.0 Å². The molecule has 2 aromatic rings. The second-order valence-electron chi connectivity index (χ2n) is 9.19. The van der Waals surface area contributed by atoms with Crippen molar-refractivity contribution in [2.24, 2.45) is 13.0 Å². The molecule has 0 radical (unpaired) electrons. The van der Waals surface area contributed by atoms with Gasteiger partial charge < -0.3 is 24.1 Å². The quantitative estimate of drug-likeness (QED) is 0.756. The highest BCUT2D eigenvalue weighted by molar-refractivity contribution is 5.95. The van der Waals surface area contributed by atoms with Crippen LogP contribution in [0.1, 0.15) is 51.9 Å². The van der Waals surface area contributed by atoms with Gasteiger partial charge in [-0.3, -0.25) is 14.3 Å². The number of hydrogen-bond acceptors (Lipinski definition) is 6. The zero-order valence-electron chi connectivity index (χ0n) is 19.4. The number of furan rings is 1. The molecular formula is C23H32N4O5. The first-order chi connectivity index (χ1) is 15.2. The lowest BCUT2D eigenvalue weighted by molar-refractivity contribution is -0.00461. The van der Waals surface area contributed by atoms with Crippen LogP contribution in [0.4, 0.5) is 0 Å². The van der Waals surface area contributed by atoms with E-state index in [1.165, 1.54) is 0 Å². The Hall–Kier alpha value is -2.65. The minimum Gasteiger partial charge on any atom is -0.466 e. The molecule has 174 valence electrons. The summed E-state index contributed by atoms with van der Waals surface area (Å²) in [5.74, 6) is 1.50. The molecule has 2 fully saturated rings. The van der Waals surface area contributed by atoms with Gasteiger partial charge >= 0.3 is 0 Å². The van der Waals surface area contributed by atoms with E-state index in [4.69, 9.17) is 13.9 Å². The summed E-state index contributed by atoms with van der Waals surface area (Å²) in [6.45, 7) is 9.41. The van der Waals surface area contributed by atoms with E-state index in [0.717, 1.165) is 12.1 Å². The fourth-order valence-electron chi connectivity index (χ4n) is 4.37. The third kappa shape index (κ3) is 4.73. The smallest absolute Gasteiger partial charge is 0.272 e. The maximum atomic E-state index is 13.1. The van der Waals surface area contributed by atoms with Crippen LogP contribution in [0.25, 0.3) is 0 Å². The Bertz CT molecular complexity index is 979. The second-order valence-corrected chi connectivity index (χ2v) is 9.19. The summed E-state index contributed by atoms with van der Waals surface area (Å²) in [5.41, 5.74) is 2.03. The van der Waals surface area contributed by atoms with Gasteiger partial charge in [-0.1, -0.05) is 13.8 Å². The fraction of sp³-hybridized carbons (Fsp3) is 0.609. The number of fused-ring (bicyclic) bond motifs is 1. The first-order valence-electron chi connectivity index (χ1n) is 11.1. The maximum absolute atomic E-state index is 13.1. The van der Waals surface area contributed by atoms with Crippen molar-refractivity contribution < 1.29 is 23.5 Å². The molecule has 2 amide bonds. The molecule has 2 saturated heterocycles. The molecule has 2 aliphatic heterocycles. The average molecular weight is 445 g/mol. The highest BCUT2D eigenvalue weighted by atomic mass is 16.6. The summed E-state index contributed by atoms with van der Waals surface area (Å²) < 4.78 is 19.2. The number of amides is 2. The Kier molecular flexibility index (Phi) is 6.39. The Morgan fingerprint density at radius 3 is 2.38 bits per heavy atom. The highest BCUT2D eigenvalue weighted by Gasteiger charge is 2.40. The van der Waals surface area contributed by atoms with Gasteiger partial charge in [0.05, 0.1) is 30.5 Å². The van der Waals surface area contributed by atoms with Crippen molar-refractivity contribution in [1.82, 2.24) is 20.0 Å². The van der Waals surface area contributed by atoms with Crippen molar-refractivity contribution in [3.8, 4) is 0 Å². The number of nitrogens with zero attached hydrogens (tertiary/aromatic N) is 3. The number of likely N-dealkylation sites (tertiary alicyclic amines) is 1. The molecular weight excluding hydrogens is 412 g/mol. The molecule has 0 aromatic carbocycles. The monoisotopic (exact) mass is 444 g/mol. The van der Waals surface area contributed by atoms with Crippen LogP contribution in [0.5, 0.6) is 0 Å². The molecule has 0 spiro atoms. The summed E-state index contributed by atoms with van der Waals surface area (Å²) in [6.07, 6.45) is 0.396. The molecule has 2 aliphatic rings. The van der Waals surface area contributed by atoms with Crippen LogP contribution in [0.2, 0.25) is 0 Å². The van der Waals surface area contributed by atoms with E-state index < -0.39 is 0 Å². The van der Waals surface area contributed by atoms with Gasteiger partial charge in [0.25, 0.3) is 11.8 Å². The summed E-state index contributed by atoms with van der Waals surface area (Å²) in [6, 6.07) is 3.35. The van der Waals surface area contributed by atoms with Crippen LogP contribution in [-0.4, -0.2) is 71.0 Å². The van der Waals surface area contributed by atoms with E-state index in [1.54, 1.807) is 29.6 Å². The standard InChI is InChI=1S/C23H32N4O5/c1-13(2)6-16-8-19(26(5)25-16)23(29)27-9-20-21(10-27)31-12-17(11-30-20)24-22(28)18-7-14(3)32-15(18)4/h7-8,13,17,20-21H,6,9-12H2,1-5H3,(H,24,28)/t20-,21-/m0/s1. The molecule has 9 heteroatoms. The molecule has 4 heterocycles. The van der Waals surface area contributed by atoms with Crippen LogP contribution < -0.4 is 5.32 Å². The predicted octanol–water partition coefficient (Wildman–Crippen LogP) is 1.87. The van der Waals surface area contributed by atoms with E-state index >= 15 is 0 Å². The van der Waals surface area contributed by atoms with Gasteiger partial charge in [-0.2, -0.15) is 5.10 Å². The topological polar surface area (TPSA) is 98.8 Å². The third-order valence-corrected chi connectivity index (χ3v) is 5.91. The van der Waals surface area contributed by atoms with Crippen molar-refractivity contribution >= 4 is 11.8 Å². The lowest BCUT2D eigenvalue weighted by atomic mass is 10.1. The first kappa shape index (κ1) is 22.5. The average Bonchev–Trinajstić information content (AvgIpc) is 3.36. The Morgan fingerprint density at radius 1 is 1.16 bits per heavy atom. The molecule has 0 aliphatic carbocycles. The SMILES string of the molecule is Cc1cc(C(=O)NC2CO[C@H]3CN(C(=O)c4cc(CC(C)C)nn4C)C[C@@H]3OC2)c(C)o1. The van der Waals surface area contributed by atoms with Crippen molar-refractivity contribution in [1.29, 1.82) is 0 Å². The molecule has 0 unspecified atom stereocenters. The Labute approximate surface area is 188 Å². The summed E-state index contributed by atoms with van der Waals surface area (Å²) in [5, 5.41) is 7.44. The Balaban J connectivity index is 1.34. The van der Waals surface area contributed by atoms with Crippen molar-refractivity contribution in [2.45, 2.75) is 52.4 Å². The van der Waals surface area contributed by atoms with Crippen LogP contribution in [-0.2, 0) is 22.9 Å². The van der Waals surface area contributed by atoms with Crippen LogP contribution in [0.3, 0.4) is 0 Å². The second kappa shape index (κ2) is 9.07. The van der Waals surface area contributed by atoms with Crippen molar-refractivity contribution in [3.63, 3.8) is 0 Å². The minimum atomic E-state index is -0.262. The van der Waals surface area contributed by atoms with Gasteiger partial charge in [0.2, 0.25) is 0 Å². The van der Waals surface area contributed by atoms with Gasteiger partial charge in [0.15, 0.2) is 0 Å². The molecule has 4 rings (SSSR count). The molecule has 1 N–H and O–H groups in total. The molecule has 0 saturated carbocycles. The fourth-order valence-corrected chi connectivity index (χ4v) is 4.37. The van der Waals surface area contributed by atoms with E-state index in [9.17, 15) is 9.59 Å².